The van der Waals surface area contributed by atoms with E-state index in [1.807, 2.05) is 31.2 Å². The monoisotopic (exact) mass is 333 g/mol. The Morgan fingerprint density at radius 2 is 2.05 bits per heavy atom. The molecule has 0 unspecified atom stereocenters. The van der Waals surface area contributed by atoms with Crippen LogP contribution in [0, 0.1) is 6.92 Å². The second kappa shape index (κ2) is 6.05. The number of anilines is 1. The normalized spacial score (nSPS) is 10.3. The Labute approximate surface area is 126 Å². The Bertz CT molecular complexity index is 623. The van der Waals surface area contributed by atoms with Crippen molar-refractivity contribution in [1.82, 2.24) is 9.88 Å². The summed E-state index contributed by atoms with van der Waals surface area (Å²) >= 11 is 3.49. The molecular formula is C15H16BrN3O. The van der Waals surface area contributed by atoms with E-state index in [0.29, 0.717) is 17.9 Å². The second-order valence-corrected chi connectivity index (χ2v) is 5.53. The first kappa shape index (κ1) is 14.5. The lowest BCUT2D eigenvalue weighted by Crippen LogP contribution is -2.26. The van der Waals surface area contributed by atoms with Crippen molar-refractivity contribution in [2.24, 2.45) is 0 Å². The van der Waals surface area contributed by atoms with E-state index in [2.05, 4.69) is 20.9 Å². The van der Waals surface area contributed by atoms with Gasteiger partial charge in [0.05, 0.1) is 0 Å². The number of aryl methyl sites for hydroxylation is 1. The molecule has 1 amide bonds. The van der Waals surface area contributed by atoms with Crippen LogP contribution in [0.25, 0.3) is 0 Å². The number of carbonyl (C=O) groups is 1. The Morgan fingerprint density at radius 3 is 2.70 bits per heavy atom. The van der Waals surface area contributed by atoms with Crippen LogP contribution >= 0.6 is 15.9 Å². The predicted octanol–water partition coefficient (Wildman–Crippen LogP) is 3.01. The Morgan fingerprint density at radius 1 is 1.35 bits per heavy atom. The number of benzene rings is 1. The van der Waals surface area contributed by atoms with Crippen molar-refractivity contribution in [2.45, 2.75) is 13.5 Å². The maximum Gasteiger partial charge on any atom is 0.254 e. The van der Waals surface area contributed by atoms with E-state index < -0.39 is 0 Å². The van der Waals surface area contributed by atoms with Crippen molar-refractivity contribution >= 4 is 27.7 Å². The summed E-state index contributed by atoms with van der Waals surface area (Å²) in [6.07, 6.45) is 0. The van der Waals surface area contributed by atoms with Crippen LogP contribution in [0.15, 0.2) is 40.9 Å². The number of hydrogen-bond donors (Lipinski definition) is 1. The van der Waals surface area contributed by atoms with Gasteiger partial charge in [-0.3, -0.25) is 4.79 Å². The van der Waals surface area contributed by atoms with Gasteiger partial charge in [-0.25, -0.2) is 4.98 Å². The molecule has 2 rings (SSSR count). The molecule has 1 aromatic carbocycles. The van der Waals surface area contributed by atoms with Crippen molar-refractivity contribution < 1.29 is 4.79 Å². The fraction of sp³-hybridized carbons (Fsp3) is 0.200. The average molecular weight is 334 g/mol. The molecular weight excluding hydrogens is 318 g/mol. The summed E-state index contributed by atoms with van der Waals surface area (Å²) < 4.78 is 0.991. The lowest BCUT2D eigenvalue weighted by Gasteiger charge is -2.18. The van der Waals surface area contributed by atoms with Crippen LogP contribution in [-0.4, -0.2) is 22.8 Å². The molecule has 0 aliphatic heterocycles. The topological polar surface area (TPSA) is 59.2 Å². The average Bonchev–Trinajstić information content (AvgIpc) is 2.39. The van der Waals surface area contributed by atoms with Crippen molar-refractivity contribution in [1.29, 1.82) is 0 Å². The van der Waals surface area contributed by atoms with Gasteiger partial charge in [-0.2, -0.15) is 0 Å². The summed E-state index contributed by atoms with van der Waals surface area (Å²) in [5, 5.41) is 0. The van der Waals surface area contributed by atoms with Gasteiger partial charge in [-0.05, 0) is 30.7 Å². The molecule has 2 N–H and O–H groups in total. The van der Waals surface area contributed by atoms with Gasteiger partial charge in [0.2, 0.25) is 0 Å². The first-order valence-electron chi connectivity index (χ1n) is 6.20. The summed E-state index contributed by atoms with van der Waals surface area (Å²) in [5.41, 5.74) is 8.04. The molecule has 1 aromatic heterocycles. The van der Waals surface area contributed by atoms with Crippen molar-refractivity contribution in [2.75, 3.05) is 12.8 Å². The van der Waals surface area contributed by atoms with Gasteiger partial charge < -0.3 is 10.6 Å². The maximum atomic E-state index is 12.4. The lowest BCUT2D eigenvalue weighted by atomic mass is 10.1. The lowest BCUT2D eigenvalue weighted by molar-refractivity contribution is 0.0784. The highest BCUT2D eigenvalue weighted by molar-refractivity contribution is 9.10. The molecule has 2 aromatic rings. The van der Waals surface area contributed by atoms with E-state index in [1.165, 1.54) is 0 Å². The SMILES string of the molecule is Cc1cc(C(=O)N(C)Cc2ccccc2Br)cc(N)n1. The van der Waals surface area contributed by atoms with Crippen molar-refractivity contribution in [3.63, 3.8) is 0 Å². The minimum Gasteiger partial charge on any atom is -0.384 e. The predicted molar refractivity (Wildman–Crippen MR) is 83.3 cm³/mol. The van der Waals surface area contributed by atoms with Crippen molar-refractivity contribution in [3.05, 3.63) is 57.7 Å². The Hall–Kier alpha value is -1.88. The third-order valence-corrected chi connectivity index (χ3v) is 3.71. The van der Waals surface area contributed by atoms with Gasteiger partial charge >= 0.3 is 0 Å². The zero-order valence-corrected chi connectivity index (χ0v) is 13.0. The van der Waals surface area contributed by atoms with Crippen LogP contribution in [-0.2, 0) is 6.54 Å². The minimum atomic E-state index is -0.0713. The molecule has 5 heteroatoms. The number of nitrogens with two attached hydrogens (primary N) is 1. The standard InChI is InChI=1S/C15H16BrN3O/c1-10-7-12(8-14(17)18-10)15(20)19(2)9-11-5-3-4-6-13(11)16/h3-8H,9H2,1-2H3,(H2,17,18). The van der Waals surface area contributed by atoms with Crippen LogP contribution < -0.4 is 5.73 Å². The molecule has 0 spiro atoms. The number of carbonyl (C=O) groups excluding carboxylic acids is 1. The number of amides is 1. The molecule has 0 radical (unpaired) electrons. The number of nitrogen functional groups attached to an aromatic ring is 1. The smallest absolute Gasteiger partial charge is 0.254 e. The van der Waals surface area contributed by atoms with E-state index in [9.17, 15) is 4.79 Å². The minimum absolute atomic E-state index is 0.0713. The zero-order valence-electron chi connectivity index (χ0n) is 11.4. The number of hydrogen-bond acceptors (Lipinski definition) is 3. The van der Waals surface area contributed by atoms with Crippen LogP contribution in [0.3, 0.4) is 0 Å². The fourth-order valence-corrected chi connectivity index (χ4v) is 2.40. The number of halogens is 1. The van der Waals surface area contributed by atoms with E-state index in [0.717, 1.165) is 15.7 Å². The molecule has 0 atom stereocenters. The van der Waals surface area contributed by atoms with Gasteiger partial charge in [0.25, 0.3) is 5.91 Å². The van der Waals surface area contributed by atoms with E-state index >= 15 is 0 Å². The summed E-state index contributed by atoms with van der Waals surface area (Å²) in [6.45, 7) is 2.35. The van der Waals surface area contributed by atoms with E-state index in [1.54, 1.807) is 24.1 Å². The summed E-state index contributed by atoms with van der Waals surface area (Å²) in [6, 6.07) is 11.2. The van der Waals surface area contributed by atoms with Crippen molar-refractivity contribution in [3.8, 4) is 0 Å². The fourth-order valence-electron chi connectivity index (χ4n) is 1.99. The Balaban J connectivity index is 2.18. The molecule has 0 fully saturated rings. The maximum absolute atomic E-state index is 12.4. The molecule has 0 saturated heterocycles. The number of aromatic nitrogens is 1. The molecule has 0 aliphatic carbocycles. The molecule has 4 nitrogen and oxygen atoms in total. The molecule has 1 heterocycles. The van der Waals surface area contributed by atoms with Crippen LogP contribution in [0.5, 0.6) is 0 Å². The third-order valence-electron chi connectivity index (χ3n) is 2.93. The molecule has 0 saturated carbocycles. The van der Waals surface area contributed by atoms with Gasteiger partial charge in [-0.1, -0.05) is 34.1 Å². The largest absolute Gasteiger partial charge is 0.384 e. The highest BCUT2D eigenvalue weighted by Crippen LogP contribution is 2.18. The zero-order chi connectivity index (χ0) is 14.7. The quantitative estimate of drug-likeness (QED) is 0.939. The van der Waals surface area contributed by atoms with Gasteiger partial charge in [0.15, 0.2) is 0 Å². The summed E-state index contributed by atoms with van der Waals surface area (Å²) in [4.78, 5) is 18.1. The molecule has 104 valence electrons. The van der Waals surface area contributed by atoms with E-state index in [4.69, 9.17) is 5.73 Å². The van der Waals surface area contributed by atoms with Crippen LogP contribution in [0.4, 0.5) is 5.82 Å². The molecule has 20 heavy (non-hydrogen) atoms. The molecule has 0 bridgehead atoms. The number of rotatable bonds is 3. The summed E-state index contributed by atoms with van der Waals surface area (Å²) in [7, 11) is 1.77. The third kappa shape index (κ3) is 3.36. The highest BCUT2D eigenvalue weighted by Gasteiger charge is 2.14. The van der Waals surface area contributed by atoms with Gasteiger partial charge in [-0.15, -0.1) is 0 Å². The van der Waals surface area contributed by atoms with Crippen LogP contribution in [0.1, 0.15) is 21.6 Å². The number of pyridine rings is 1. The van der Waals surface area contributed by atoms with Crippen LogP contribution in [0.2, 0.25) is 0 Å². The van der Waals surface area contributed by atoms with E-state index in [-0.39, 0.29) is 5.91 Å². The van der Waals surface area contributed by atoms with Gasteiger partial charge in [0, 0.05) is 29.3 Å². The molecule has 0 aliphatic rings. The second-order valence-electron chi connectivity index (χ2n) is 4.67. The first-order chi connectivity index (χ1) is 9.47. The summed E-state index contributed by atoms with van der Waals surface area (Å²) in [5.74, 6) is 0.292. The Kier molecular flexibility index (Phi) is 4.39. The first-order valence-corrected chi connectivity index (χ1v) is 6.99. The highest BCUT2D eigenvalue weighted by atomic mass is 79.9. The van der Waals surface area contributed by atoms with Gasteiger partial charge in [0.1, 0.15) is 5.82 Å². The number of nitrogens with zero attached hydrogens (tertiary/aromatic N) is 2.